The average Bonchev–Trinajstić information content (AvgIpc) is 2.56. The summed E-state index contributed by atoms with van der Waals surface area (Å²) in [6.45, 7) is 3.74. The van der Waals surface area contributed by atoms with E-state index >= 15 is 0 Å². The molecule has 1 atom stereocenters. The van der Waals surface area contributed by atoms with Crippen LogP contribution in [0.5, 0.6) is 0 Å². The quantitative estimate of drug-likeness (QED) is 0.829. The predicted molar refractivity (Wildman–Crippen MR) is 88.7 cm³/mol. The molecule has 2 aromatic carbocycles. The van der Waals surface area contributed by atoms with E-state index in [-0.39, 0.29) is 18.8 Å². The summed E-state index contributed by atoms with van der Waals surface area (Å²) in [7, 11) is 0. The highest BCUT2D eigenvalue weighted by Crippen LogP contribution is 2.06. The Kier molecular flexibility index (Phi) is 6.07. The number of halogens is 1. The number of benzene rings is 2. The predicted octanol–water partition coefficient (Wildman–Crippen LogP) is 2.92. The van der Waals surface area contributed by atoms with Gasteiger partial charge in [0.1, 0.15) is 5.82 Å². The van der Waals surface area contributed by atoms with Gasteiger partial charge in [-0.1, -0.05) is 42.0 Å². The number of carbonyl (C=O) groups is 2. The zero-order chi connectivity index (χ0) is 17.5. The highest BCUT2D eigenvalue weighted by molar-refractivity contribution is 5.83. The van der Waals surface area contributed by atoms with Gasteiger partial charge in [0.15, 0.2) is 6.10 Å². The normalized spacial score (nSPS) is 11.6. The first kappa shape index (κ1) is 17.7. The SMILES string of the molecule is Cc1ccc(CC(=O)OC(C)C(=O)NCc2ccc(F)cc2)cc1. The molecule has 0 spiro atoms. The fraction of sp³-hybridized carbons (Fsp3) is 0.263. The van der Waals surface area contributed by atoms with Gasteiger partial charge in [-0.15, -0.1) is 0 Å². The molecule has 0 bridgehead atoms. The summed E-state index contributed by atoms with van der Waals surface area (Å²) < 4.78 is 18.0. The summed E-state index contributed by atoms with van der Waals surface area (Å²) in [5, 5.41) is 2.66. The van der Waals surface area contributed by atoms with Crippen LogP contribution in [0.25, 0.3) is 0 Å². The monoisotopic (exact) mass is 329 g/mol. The molecule has 1 unspecified atom stereocenters. The van der Waals surface area contributed by atoms with E-state index in [0.29, 0.717) is 0 Å². The lowest BCUT2D eigenvalue weighted by molar-refractivity contribution is -0.154. The van der Waals surface area contributed by atoms with E-state index in [9.17, 15) is 14.0 Å². The molecule has 126 valence electrons. The van der Waals surface area contributed by atoms with Crippen LogP contribution in [-0.4, -0.2) is 18.0 Å². The molecule has 0 aliphatic heterocycles. The molecular formula is C19H20FNO3. The molecule has 1 N–H and O–H groups in total. The van der Waals surface area contributed by atoms with Crippen LogP contribution in [0.2, 0.25) is 0 Å². The van der Waals surface area contributed by atoms with Gasteiger partial charge in [0.05, 0.1) is 6.42 Å². The van der Waals surface area contributed by atoms with Crippen molar-refractivity contribution in [3.05, 3.63) is 71.0 Å². The second-order valence-corrected chi connectivity index (χ2v) is 5.64. The Hall–Kier alpha value is -2.69. The number of carbonyl (C=O) groups excluding carboxylic acids is 2. The van der Waals surface area contributed by atoms with E-state index in [1.807, 2.05) is 31.2 Å². The van der Waals surface area contributed by atoms with Crippen molar-refractivity contribution >= 4 is 11.9 Å². The Labute approximate surface area is 140 Å². The third-order valence-electron chi connectivity index (χ3n) is 3.53. The lowest BCUT2D eigenvalue weighted by atomic mass is 10.1. The number of nitrogens with one attached hydrogen (secondary N) is 1. The van der Waals surface area contributed by atoms with Crippen LogP contribution in [0, 0.1) is 12.7 Å². The first-order valence-electron chi connectivity index (χ1n) is 7.71. The Morgan fingerprint density at radius 3 is 2.25 bits per heavy atom. The van der Waals surface area contributed by atoms with Crippen LogP contribution in [0.15, 0.2) is 48.5 Å². The zero-order valence-corrected chi connectivity index (χ0v) is 13.7. The Morgan fingerprint density at radius 1 is 1.04 bits per heavy atom. The fourth-order valence-corrected chi connectivity index (χ4v) is 2.10. The van der Waals surface area contributed by atoms with E-state index in [2.05, 4.69) is 5.32 Å². The van der Waals surface area contributed by atoms with Gasteiger partial charge < -0.3 is 10.1 Å². The largest absolute Gasteiger partial charge is 0.452 e. The molecule has 0 saturated carbocycles. The van der Waals surface area contributed by atoms with Crippen molar-refractivity contribution in [3.8, 4) is 0 Å². The summed E-state index contributed by atoms with van der Waals surface area (Å²) >= 11 is 0. The lowest BCUT2D eigenvalue weighted by Crippen LogP contribution is -2.35. The van der Waals surface area contributed by atoms with Crippen LogP contribution in [-0.2, 0) is 27.3 Å². The maximum atomic E-state index is 12.8. The van der Waals surface area contributed by atoms with E-state index < -0.39 is 18.0 Å². The van der Waals surface area contributed by atoms with E-state index in [0.717, 1.165) is 16.7 Å². The van der Waals surface area contributed by atoms with Gasteiger partial charge in [0.2, 0.25) is 0 Å². The zero-order valence-electron chi connectivity index (χ0n) is 13.7. The van der Waals surface area contributed by atoms with E-state index in [1.165, 1.54) is 19.1 Å². The van der Waals surface area contributed by atoms with Gasteiger partial charge >= 0.3 is 5.97 Å². The van der Waals surface area contributed by atoms with Gasteiger partial charge in [0, 0.05) is 6.54 Å². The Morgan fingerprint density at radius 2 is 1.62 bits per heavy atom. The molecule has 0 fully saturated rings. The second kappa shape index (κ2) is 8.24. The van der Waals surface area contributed by atoms with Gasteiger partial charge in [0.25, 0.3) is 5.91 Å². The average molecular weight is 329 g/mol. The molecule has 5 heteroatoms. The van der Waals surface area contributed by atoms with Gasteiger partial charge in [-0.05, 0) is 37.1 Å². The minimum atomic E-state index is -0.886. The number of esters is 1. The Bertz CT molecular complexity index is 696. The van der Waals surface area contributed by atoms with Crippen molar-refractivity contribution in [1.29, 1.82) is 0 Å². The number of hydrogen-bond donors (Lipinski definition) is 1. The van der Waals surface area contributed by atoms with Crippen molar-refractivity contribution in [2.45, 2.75) is 32.9 Å². The molecule has 2 rings (SSSR count). The maximum Gasteiger partial charge on any atom is 0.311 e. The van der Waals surface area contributed by atoms with Crippen LogP contribution in [0.4, 0.5) is 4.39 Å². The minimum Gasteiger partial charge on any atom is -0.452 e. The number of ether oxygens (including phenoxy) is 1. The molecule has 24 heavy (non-hydrogen) atoms. The number of rotatable bonds is 6. The molecule has 0 radical (unpaired) electrons. The van der Waals surface area contributed by atoms with Crippen molar-refractivity contribution in [2.75, 3.05) is 0 Å². The smallest absolute Gasteiger partial charge is 0.311 e. The molecule has 0 aliphatic rings. The first-order chi connectivity index (χ1) is 11.4. The molecule has 0 aliphatic carbocycles. The van der Waals surface area contributed by atoms with Gasteiger partial charge in [-0.25, -0.2) is 4.39 Å². The number of amides is 1. The summed E-state index contributed by atoms with van der Waals surface area (Å²) in [4.78, 5) is 23.8. The lowest BCUT2D eigenvalue weighted by Gasteiger charge is -2.13. The molecule has 0 saturated heterocycles. The third kappa shape index (κ3) is 5.50. The van der Waals surface area contributed by atoms with Crippen LogP contribution in [0.1, 0.15) is 23.6 Å². The van der Waals surface area contributed by atoms with Crippen molar-refractivity contribution in [2.24, 2.45) is 0 Å². The van der Waals surface area contributed by atoms with Crippen LogP contribution in [0.3, 0.4) is 0 Å². The van der Waals surface area contributed by atoms with Crippen molar-refractivity contribution in [3.63, 3.8) is 0 Å². The second-order valence-electron chi connectivity index (χ2n) is 5.64. The molecular weight excluding hydrogens is 309 g/mol. The molecule has 2 aromatic rings. The highest BCUT2D eigenvalue weighted by Gasteiger charge is 2.17. The Balaban J connectivity index is 1.78. The van der Waals surface area contributed by atoms with E-state index in [4.69, 9.17) is 4.74 Å². The van der Waals surface area contributed by atoms with Crippen LogP contribution >= 0.6 is 0 Å². The summed E-state index contributed by atoms with van der Waals surface area (Å²) in [5.74, 6) is -1.18. The maximum absolute atomic E-state index is 12.8. The first-order valence-corrected chi connectivity index (χ1v) is 7.71. The molecule has 4 nitrogen and oxygen atoms in total. The van der Waals surface area contributed by atoms with Crippen LogP contribution < -0.4 is 5.32 Å². The topological polar surface area (TPSA) is 55.4 Å². The molecule has 1 amide bonds. The van der Waals surface area contributed by atoms with Crippen molar-refractivity contribution < 1.29 is 18.7 Å². The molecule has 0 aromatic heterocycles. The number of aryl methyl sites for hydroxylation is 1. The summed E-state index contributed by atoms with van der Waals surface area (Å²) in [5.41, 5.74) is 2.72. The minimum absolute atomic E-state index is 0.121. The summed E-state index contributed by atoms with van der Waals surface area (Å²) in [6, 6.07) is 13.4. The number of hydrogen-bond acceptors (Lipinski definition) is 3. The van der Waals surface area contributed by atoms with Crippen molar-refractivity contribution in [1.82, 2.24) is 5.32 Å². The van der Waals surface area contributed by atoms with Gasteiger partial charge in [-0.2, -0.15) is 0 Å². The molecule has 0 heterocycles. The standard InChI is InChI=1S/C19H20FNO3/c1-13-3-5-15(6-4-13)11-18(22)24-14(2)19(23)21-12-16-7-9-17(20)10-8-16/h3-10,14H,11-12H2,1-2H3,(H,21,23). The fourth-order valence-electron chi connectivity index (χ4n) is 2.10. The summed E-state index contributed by atoms with van der Waals surface area (Å²) in [6.07, 6.45) is -0.765. The highest BCUT2D eigenvalue weighted by atomic mass is 19.1. The third-order valence-corrected chi connectivity index (χ3v) is 3.53. The van der Waals surface area contributed by atoms with Gasteiger partial charge in [-0.3, -0.25) is 9.59 Å². The van der Waals surface area contributed by atoms with E-state index in [1.54, 1.807) is 12.1 Å².